The van der Waals surface area contributed by atoms with Crippen LogP contribution in [-0.4, -0.2) is 4.57 Å². The van der Waals surface area contributed by atoms with E-state index in [-0.39, 0.29) is 10.8 Å². The van der Waals surface area contributed by atoms with Crippen molar-refractivity contribution in [2.24, 2.45) is 0 Å². The molecule has 2 N–H and O–H groups in total. The highest BCUT2D eigenvalue weighted by Gasteiger charge is 2.25. The van der Waals surface area contributed by atoms with Crippen molar-refractivity contribution in [2.45, 2.75) is 52.4 Å². The van der Waals surface area contributed by atoms with E-state index in [1.165, 1.54) is 98.2 Å². The Labute approximate surface area is 304 Å². The number of rotatable bonds is 2. The maximum atomic E-state index is 6.56. The van der Waals surface area contributed by atoms with Crippen LogP contribution in [0.1, 0.15) is 52.7 Å². The number of fused-ring (bicyclic) bond motifs is 5. The predicted octanol–water partition coefficient (Wildman–Crippen LogP) is 13.8. The molecular weight excluding hydrogens is 629 g/mol. The van der Waals surface area contributed by atoms with Crippen LogP contribution in [0.15, 0.2) is 133 Å². The molecule has 2 heteroatoms. The van der Waals surface area contributed by atoms with Crippen LogP contribution < -0.4 is 5.73 Å². The first-order valence-electron chi connectivity index (χ1n) is 18.5. The molecule has 0 spiro atoms. The summed E-state index contributed by atoms with van der Waals surface area (Å²) in [5, 5.41) is 14.9. The monoisotopic (exact) mass is 670 g/mol. The Morgan fingerprint density at radius 1 is 0.423 bits per heavy atom. The number of hydrogen-bond donors (Lipinski definition) is 1. The van der Waals surface area contributed by atoms with E-state index in [0.717, 1.165) is 11.1 Å². The maximum absolute atomic E-state index is 6.56. The van der Waals surface area contributed by atoms with Gasteiger partial charge in [0, 0.05) is 32.6 Å². The van der Waals surface area contributed by atoms with Crippen LogP contribution in [0.5, 0.6) is 0 Å². The van der Waals surface area contributed by atoms with Crippen molar-refractivity contribution in [3.63, 3.8) is 0 Å². The standard InChI is InChI=1S/C50H42N2/c1-49(2,3)31-19-25-43-40(27-31)41-28-32(50(4,5)6)20-26-44(41)52(43)48-37-13-9-7-11-33(37)47(34-12-8-10-14-38(34)48)36-21-17-29-15-16-30-18-24-42(51)39-23-22-35(36)45(29)46(30)39/h7-28H,51H2,1-6H3. The topological polar surface area (TPSA) is 30.9 Å². The third kappa shape index (κ3) is 4.30. The lowest BCUT2D eigenvalue weighted by Crippen LogP contribution is -2.10. The molecule has 9 aromatic carbocycles. The molecule has 0 radical (unpaired) electrons. The summed E-state index contributed by atoms with van der Waals surface area (Å²) in [7, 11) is 0. The zero-order valence-electron chi connectivity index (χ0n) is 30.7. The van der Waals surface area contributed by atoms with Gasteiger partial charge in [0.25, 0.3) is 0 Å². The van der Waals surface area contributed by atoms with Crippen LogP contribution >= 0.6 is 0 Å². The second kappa shape index (κ2) is 10.6. The van der Waals surface area contributed by atoms with Gasteiger partial charge in [-0.05, 0) is 101 Å². The summed E-state index contributed by atoms with van der Waals surface area (Å²) in [4.78, 5) is 0. The lowest BCUT2D eigenvalue weighted by molar-refractivity contribution is 0.590. The molecule has 252 valence electrons. The molecule has 0 saturated heterocycles. The summed E-state index contributed by atoms with van der Waals surface area (Å²) in [5.74, 6) is 0. The summed E-state index contributed by atoms with van der Waals surface area (Å²) in [6.45, 7) is 13.8. The van der Waals surface area contributed by atoms with Crippen molar-refractivity contribution >= 4 is 81.4 Å². The quantitative estimate of drug-likeness (QED) is 0.111. The van der Waals surface area contributed by atoms with Gasteiger partial charge in [-0.25, -0.2) is 0 Å². The van der Waals surface area contributed by atoms with Crippen LogP contribution in [0.3, 0.4) is 0 Å². The second-order valence-electron chi connectivity index (χ2n) is 16.8. The molecule has 1 heterocycles. The minimum absolute atomic E-state index is 0.0394. The fraction of sp³-hybridized carbons (Fsp3) is 0.160. The lowest BCUT2D eigenvalue weighted by atomic mass is 9.85. The van der Waals surface area contributed by atoms with E-state index in [2.05, 4.69) is 174 Å². The first-order chi connectivity index (χ1) is 25.0. The van der Waals surface area contributed by atoms with Gasteiger partial charge in [0.1, 0.15) is 0 Å². The predicted molar refractivity (Wildman–Crippen MR) is 227 cm³/mol. The van der Waals surface area contributed by atoms with E-state index in [9.17, 15) is 0 Å². The highest BCUT2D eigenvalue weighted by molar-refractivity contribution is 6.30. The van der Waals surface area contributed by atoms with Gasteiger partial charge in [-0.15, -0.1) is 0 Å². The molecule has 0 unspecified atom stereocenters. The molecule has 0 aliphatic rings. The molecule has 0 bridgehead atoms. The van der Waals surface area contributed by atoms with Gasteiger partial charge in [-0.2, -0.15) is 0 Å². The minimum Gasteiger partial charge on any atom is -0.398 e. The van der Waals surface area contributed by atoms with Crippen molar-refractivity contribution in [2.75, 3.05) is 5.73 Å². The van der Waals surface area contributed by atoms with Crippen LogP contribution in [0.25, 0.3) is 92.5 Å². The van der Waals surface area contributed by atoms with Gasteiger partial charge in [-0.1, -0.05) is 145 Å². The first kappa shape index (κ1) is 30.9. The van der Waals surface area contributed by atoms with E-state index >= 15 is 0 Å². The number of nitrogens with two attached hydrogens (primary N) is 1. The lowest BCUT2D eigenvalue weighted by Gasteiger charge is -2.22. The Hall–Kier alpha value is -5.86. The average molecular weight is 671 g/mol. The molecule has 0 saturated carbocycles. The Balaban J connectivity index is 1.36. The fourth-order valence-corrected chi connectivity index (χ4v) is 8.88. The molecule has 0 fully saturated rings. The number of nitrogen functional groups attached to an aromatic ring is 1. The smallest absolute Gasteiger partial charge is 0.0619 e. The van der Waals surface area contributed by atoms with Crippen LogP contribution in [0, 0.1) is 0 Å². The van der Waals surface area contributed by atoms with Crippen molar-refractivity contribution < 1.29 is 0 Å². The molecule has 10 aromatic rings. The van der Waals surface area contributed by atoms with Crippen molar-refractivity contribution in [3.8, 4) is 16.8 Å². The van der Waals surface area contributed by atoms with Gasteiger partial charge < -0.3 is 10.3 Å². The van der Waals surface area contributed by atoms with E-state index < -0.39 is 0 Å². The van der Waals surface area contributed by atoms with Crippen LogP contribution in [-0.2, 0) is 10.8 Å². The molecule has 0 amide bonds. The maximum Gasteiger partial charge on any atom is 0.0619 e. The molecule has 1 aromatic heterocycles. The Bertz CT molecular complexity index is 2960. The van der Waals surface area contributed by atoms with Crippen LogP contribution in [0.4, 0.5) is 5.69 Å². The van der Waals surface area contributed by atoms with E-state index in [4.69, 9.17) is 5.73 Å². The third-order valence-electron chi connectivity index (χ3n) is 11.6. The zero-order valence-corrected chi connectivity index (χ0v) is 30.7. The van der Waals surface area contributed by atoms with Gasteiger partial charge >= 0.3 is 0 Å². The van der Waals surface area contributed by atoms with Crippen molar-refractivity contribution in [3.05, 3.63) is 145 Å². The van der Waals surface area contributed by atoms with Gasteiger partial charge in [0.05, 0.1) is 16.7 Å². The SMILES string of the molecule is CC(C)(C)c1ccc2c(c1)c1cc(C(C)(C)C)ccc1n2-c1c2ccccc2c(-c2ccc3ccc4ccc(N)c5ccc2c3c45)c2ccccc12. The van der Waals surface area contributed by atoms with E-state index in [1.54, 1.807) is 0 Å². The molecule has 2 nitrogen and oxygen atoms in total. The summed E-state index contributed by atoms with van der Waals surface area (Å²) in [6, 6.07) is 50.1. The van der Waals surface area contributed by atoms with Crippen molar-refractivity contribution in [1.29, 1.82) is 0 Å². The fourth-order valence-electron chi connectivity index (χ4n) is 8.88. The normalized spacial score (nSPS) is 12.9. The summed E-state index contributed by atoms with van der Waals surface area (Å²) in [6.07, 6.45) is 0. The largest absolute Gasteiger partial charge is 0.398 e. The highest BCUT2D eigenvalue weighted by Crippen LogP contribution is 2.48. The summed E-state index contributed by atoms with van der Waals surface area (Å²) < 4.78 is 2.55. The number of benzene rings is 9. The minimum atomic E-state index is 0.0394. The number of anilines is 1. The third-order valence-corrected chi connectivity index (χ3v) is 11.6. The molecule has 10 rings (SSSR count). The average Bonchev–Trinajstić information content (AvgIpc) is 3.46. The molecule has 52 heavy (non-hydrogen) atoms. The number of nitrogens with zero attached hydrogens (tertiary/aromatic N) is 1. The highest BCUT2D eigenvalue weighted by atomic mass is 15.0. The van der Waals surface area contributed by atoms with Gasteiger partial charge in [-0.3, -0.25) is 0 Å². The molecule has 0 atom stereocenters. The Morgan fingerprint density at radius 3 is 1.42 bits per heavy atom. The number of hydrogen-bond acceptors (Lipinski definition) is 1. The van der Waals surface area contributed by atoms with Crippen molar-refractivity contribution in [1.82, 2.24) is 4.57 Å². The Kier molecular flexibility index (Phi) is 6.30. The van der Waals surface area contributed by atoms with Crippen LogP contribution in [0.2, 0.25) is 0 Å². The summed E-state index contributed by atoms with van der Waals surface area (Å²) in [5.41, 5.74) is 16.4. The number of aromatic nitrogens is 1. The van der Waals surface area contributed by atoms with Gasteiger partial charge in [0.2, 0.25) is 0 Å². The first-order valence-corrected chi connectivity index (χ1v) is 18.5. The van der Waals surface area contributed by atoms with E-state index in [0.29, 0.717) is 0 Å². The van der Waals surface area contributed by atoms with E-state index in [1.807, 2.05) is 6.07 Å². The summed E-state index contributed by atoms with van der Waals surface area (Å²) >= 11 is 0. The second-order valence-corrected chi connectivity index (χ2v) is 16.8. The Morgan fingerprint density at radius 2 is 0.885 bits per heavy atom. The molecule has 0 aliphatic heterocycles. The molecule has 0 aliphatic carbocycles. The molecular formula is C50H42N2. The zero-order chi connectivity index (χ0) is 35.7. The van der Waals surface area contributed by atoms with Gasteiger partial charge in [0.15, 0.2) is 0 Å².